The van der Waals surface area contributed by atoms with Gasteiger partial charge in [-0.15, -0.1) is 0 Å². The Morgan fingerprint density at radius 2 is 1.94 bits per heavy atom. The van der Waals surface area contributed by atoms with Gasteiger partial charge in [0.2, 0.25) is 0 Å². The van der Waals surface area contributed by atoms with E-state index in [4.69, 9.17) is 21.4 Å². The van der Waals surface area contributed by atoms with Crippen LogP contribution in [0.25, 0.3) is 0 Å². The van der Waals surface area contributed by atoms with E-state index in [0.29, 0.717) is 10.8 Å². The lowest BCUT2D eigenvalue weighted by Gasteiger charge is -2.07. The molecule has 2 rings (SSSR count). The molecule has 0 saturated heterocycles. The van der Waals surface area contributed by atoms with Crippen LogP contribution in [0.15, 0.2) is 42.7 Å². The van der Waals surface area contributed by atoms with Crippen LogP contribution in [0.1, 0.15) is 10.4 Å². The van der Waals surface area contributed by atoms with Crippen molar-refractivity contribution in [1.82, 2.24) is 4.98 Å². The SMILES string of the molecule is O=C(O)c1cnccc1Oc1ccc(Cl)cc1. The summed E-state index contributed by atoms with van der Waals surface area (Å²) in [4.78, 5) is 14.7. The molecule has 0 bridgehead atoms. The average molecular weight is 250 g/mol. The Balaban J connectivity index is 2.30. The van der Waals surface area contributed by atoms with Crippen LogP contribution in [0.2, 0.25) is 5.02 Å². The molecule has 0 unspecified atom stereocenters. The highest BCUT2D eigenvalue weighted by atomic mass is 35.5. The van der Waals surface area contributed by atoms with Gasteiger partial charge in [-0.05, 0) is 24.3 Å². The van der Waals surface area contributed by atoms with Crippen LogP contribution in [0.4, 0.5) is 0 Å². The van der Waals surface area contributed by atoms with Gasteiger partial charge in [-0.2, -0.15) is 0 Å². The fraction of sp³-hybridized carbons (Fsp3) is 0. The van der Waals surface area contributed by atoms with E-state index in [1.54, 1.807) is 24.3 Å². The Morgan fingerprint density at radius 1 is 1.24 bits per heavy atom. The van der Waals surface area contributed by atoms with Crippen molar-refractivity contribution in [2.45, 2.75) is 0 Å². The number of hydrogen-bond acceptors (Lipinski definition) is 3. The molecule has 1 heterocycles. The van der Waals surface area contributed by atoms with Crippen molar-refractivity contribution >= 4 is 17.6 Å². The first kappa shape index (κ1) is 11.4. The molecule has 0 fully saturated rings. The third-order valence-electron chi connectivity index (χ3n) is 2.05. The molecule has 0 aliphatic rings. The van der Waals surface area contributed by atoms with E-state index < -0.39 is 5.97 Å². The third-order valence-corrected chi connectivity index (χ3v) is 2.30. The summed E-state index contributed by atoms with van der Waals surface area (Å²) in [5, 5.41) is 9.54. The average Bonchev–Trinajstić information content (AvgIpc) is 2.32. The lowest BCUT2D eigenvalue weighted by Crippen LogP contribution is -2.00. The zero-order valence-electron chi connectivity index (χ0n) is 8.63. The van der Waals surface area contributed by atoms with E-state index in [-0.39, 0.29) is 11.3 Å². The Morgan fingerprint density at radius 3 is 2.59 bits per heavy atom. The summed E-state index contributed by atoms with van der Waals surface area (Å²) in [6.45, 7) is 0. The molecular weight excluding hydrogens is 242 g/mol. The van der Waals surface area contributed by atoms with Gasteiger partial charge in [-0.25, -0.2) is 4.79 Å². The van der Waals surface area contributed by atoms with Gasteiger partial charge in [-0.1, -0.05) is 11.6 Å². The zero-order valence-corrected chi connectivity index (χ0v) is 9.39. The lowest BCUT2D eigenvalue weighted by molar-refractivity contribution is 0.0693. The van der Waals surface area contributed by atoms with Crippen molar-refractivity contribution in [2.24, 2.45) is 0 Å². The van der Waals surface area contributed by atoms with Crippen LogP contribution in [0, 0.1) is 0 Å². The fourth-order valence-electron chi connectivity index (χ4n) is 1.26. The summed E-state index contributed by atoms with van der Waals surface area (Å²) in [7, 11) is 0. The van der Waals surface area contributed by atoms with Gasteiger partial charge in [0.25, 0.3) is 0 Å². The number of ether oxygens (including phenoxy) is 1. The summed E-state index contributed by atoms with van der Waals surface area (Å²) >= 11 is 5.74. The van der Waals surface area contributed by atoms with Gasteiger partial charge in [0.15, 0.2) is 0 Å². The largest absolute Gasteiger partial charge is 0.477 e. The van der Waals surface area contributed by atoms with E-state index >= 15 is 0 Å². The molecule has 0 radical (unpaired) electrons. The van der Waals surface area contributed by atoms with Gasteiger partial charge < -0.3 is 9.84 Å². The van der Waals surface area contributed by atoms with Crippen LogP contribution in [-0.4, -0.2) is 16.1 Å². The minimum Gasteiger partial charge on any atom is -0.477 e. The quantitative estimate of drug-likeness (QED) is 0.907. The van der Waals surface area contributed by atoms with Crippen LogP contribution in [-0.2, 0) is 0 Å². The van der Waals surface area contributed by atoms with Gasteiger partial charge in [0, 0.05) is 23.5 Å². The summed E-state index contributed by atoms with van der Waals surface area (Å²) in [6.07, 6.45) is 2.71. The van der Waals surface area contributed by atoms with Crippen LogP contribution in [0.3, 0.4) is 0 Å². The summed E-state index contributed by atoms with van der Waals surface area (Å²) in [5.41, 5.74) is 0.0162. The number of pyridine rings is 1. The van der Waals surface area contributed by atoms with Gasteiger partial charge in [0.05, 0.1) is 0 Å². The second kappa shape index (κ2) is 4.84. The smallest absolute Gasteiger partial charge is 0.341 e. The molecule has 5 heteroatoms. The number of carboxylic acid groups (broad SMARTS) is 1. The van der Waals surface area contributed by atoms with Crippen LogP contribution >= 0.6 is 11.6 Å². The molecular formula is C12H8ClNO3. The number of hydrogen-bond donors (Lipinski definition) is 1. The first-order valence-corrected chi connectivity index (χ1v) is 5.15. The maximum absolute atomic E-state index is 10.9. The molecule has 2 aromatic rings. The van der Waals surface area contributed by atoms with Gasteiger partial charge in [0.1, 0.15) is 17.1 Å². The normalized spacial score (nSPS) is 9.94. The molecule has 4 nitrogen and oxygen atoms in total. The Hall–Kier alpha value is -2.07. The molecule has 0 atom stereocenters. The Kier molecular flexibility index (Phi) is 3.25. The van der Waals surface area contributed by atoms with E-state index in [9.17, 15) is 4.79 Å². The van der Waals surface area contributed by atoms with E-state index in [1.807, 2.05) is 0 Å². The second-order valence-corrected chi connectivity index (χ2v) is 3.67. The van der Waals surface area contributed by atoms with Crippen molar-refractivity contribution in [3.05, 3.63) is 53.3 Å². The Bertz CT molecular complexity index is 540. The second-order valence-electron chi connectivity index (χ2n) is 3.23. The minimum absolute atomic E-state index is 0.0162. The van der Waals surface area contributed by atoms with E-state index in [0.717, 1.165) is 0 Å². The van der Waals surface area contributed by atoms with Crippen LogP contribution < -0.4 is 4.74 Å². The van der Waals surface area contributed by atoms with Crippen molar-refractivity contribution < 1.29 is 14.6 Å². The molecule has 0 amide bonds. The fourth-order valence-corrected chi connectivity index (χ4v) is 1.39. The lowest BCUT2D eigenvalue weighted by atomic mass is 10.2. The van der Waals surface area contributed by atoms with Crippen molar-refractivity contribution in [3.63, 3.8) is 0 Å². The number of rotatable bonds is 3. The molecule has 0 aliphatic carbocycles. The van der Waals surface area contributed by atoms with Gasteiger partial charge in [-0.3, -0.25) is 4.98 Å². The highest BCUT2D eigenvalue weighted by Crippen LogP contribution is 2.25. The molecule has 86 valence electrons. The number of aromatic nitrogens is 1. The van der Waals surface area contributed by atoms with Crippen LogP contribution in [0.5, 0.6) is 11.5 Å². The summed E-state index contributed by atoms with van der Waals surface area (Å²) in [5.74, 6) is -0.319. The van der Waals surface area contributed by atoms with E-state index in [2.05, 4.69) is 4.98 Å². The molecule has 0 aliphatic heterocycles. The van der Waals surface area contributed by atoms with E-state index in [1.165, 1.54) is 18.5 Å². The Labute approximate surface area is 102 Å². The number of carboxylic acids is 1. The molecule has 1 aromatic heterocycles. The van der Waals surface area contributed by atoms with Crippen molar-refractivity contribution in [3.8, 4) is 11.5 Å². The maximum atomic E-state index is 10.9. The number of nitrogens with zero attached hydrogens (tertiary/aromatic N) is 1. The maximum Gasteiger partial charge on any atom is 0.341 e. The topological polar surface area (TPSA) is 59.4 Å². The first-order valence-electron chi connectivity index (χ1n) is 4.77. The highest BCUT2D eigenvalue weighted by molar-refractivity contribution is 6.30. The predicted molar refractivity (Wildman–Crippen MR) is 62.7 cm³/mol. The van der Waals surface area contributed by atoms with Crippen molar-refractivity contribution in [1.29, 1.82) is 0 Å². The van der Waals surface area contributed by atoms with Crippen molar-refractivity contribution in [2.75, 3.05) is 0 Å². The number of carbonyl (C=O) groups is 1. The van der Waals surface area contributed by atoms with Gasteiger partial charge >= 0.3 is 5.97 Å². The predicted octanol–water partition coefficient (Wildman–Crippen LogP) is 3.23. The molecule has 1 aromatic carbocycles. The summed E-state index contributed by atoms with van der Waals surface area (Å²) in [6, 6.07) is 8.15. The number of benzene rings is 1. The molecule has 17 heavy (non-hydrogen) atoms. The highest BCUT2D eigenvalue weighted by Gasteiger charge is 2.11. The third kappa shape index (κ3) is 2.73. The summed E-state index contributed by atoms with van der Waals surface area (Å²) < 4.78 is 5.45. The number of halogens is 1. The monoisotopic (exact) mass is 249 g/mol. The molecule has 0 spiro atoms. The standard InChI is InChI=1S/C12H8ClNO3/c13-8-1-3-9(4-2-8)17-11-5-6-14-7-10(11)12(15)16/h1-7H,(H,15,16). The first-order chi connectivity index (χ1) is 8.16. The molecule has 1 N–H and O–H groups in total. The molecule has 0 saturated carbocycles. The minimum atomic E-state index is -1.08. The number of aromatic carboxylic acids is 1. The zero-order chi connectivity index (χ0) is 12.3.